The van der Waals surface area contributed by atoms with E-state index in [1.54, 1.807) is 12.1 Å². The first-order valence-electron chi connectivity index (χ1n) is 6.51. The van der Waals surface area contributed by atoms with Gasteiger partial charge in [0.05, 0.1) is 4.90 Å². The van der Waals surface area contributed by atoms with E-state index in [9.17, 15) is 13.2 Å². The fourth-order valence-electron chi connectivity index (χ4n) is 2.15. The van der Waals surface area contributed by atoms with Crippen molar-refractivity contribution in [2.45, 2.75) is 37.2 Å². The predicted molar refractivity (Wildman–Crippen MR) is 73.9 cm³/mol. The molecule has 0 saturated carbocycles. The first kappa shape index (κ1) is 15.0. The number of rotatable bonds is 5. The second-order valence-electron chi connectivity index (χ2n) is 4.80. The van der Waals surface area contributed by atoms with Crippen molar-refractivity contribution >= 4 is 16.0 Å². The molecule has 1 heterocycles. The van der Waals surface area contributed by atoms with Crippen LogP contribution in [0.4, 0.5) is 0 Å². The highest BCUT2D eigenvalue weighted by atomic mass is 32.2. The van der Waals surface area contributed by atoms with Gasteiger partial charge in [0.15, 0.2) is 0 Å². The molecule has 0 amide bonds. The molecule has 20 heavy (non-hydrogen) atoms. The number of sulfonamides is 1. The largest absolute Gasteiger partial charge is 0.480 e. The summed E-state index contributed by atoms with van der Waals surface area (Å²) in [6, 6.07) is 4.23. The molecule has 1 atom stereocenters. The van der Waals surface area contributed by atoms with Gasteiger partial charge in [-0.15, -0.1) is 0 Å². The molecule has 1 aromatic carbocycles. The van der Waals surface area contributed by atoms with Crippen LogP contribution in [0.3, 0.4) is 0 Å². The molecular weight excluding hydrogens is 280 g/mol. The van der Waals surface area contributed by atoms with Crippen molar-refractivity contribution in [1.82, 2.24) is 10.0 Å². The highest BCUT2D eigenvalue weighted by molar-refractivity contribution is 7.89. The molecular formula is C13H18N2O4S. The zero-order chi connectivity index (χ0) is 14.8. The van der Waals surface area contributed by atoms with Crippen molar-refractivity contribution in [2.24, 2.45) is 0 Å². The molecule has 1 aliphatic rings. The van der Waals surface area contributed by atoms with Gasteiger partial charge >= 0.3 is 5.97 Å². The van der Waals surface area contributed by atoms with Gasteiger partial charge in [0, 0.05) is 13.1 Å². The van der Waals surface area contributed by atoms with Gasteiger partial charge in [-0.25, -0.2) is 13.1 Å². The maximum Gasteiger partial charge on any atom is 0.321 e. The molecule has 0 spiro atoms. The molecule has 1 aromatic rings. The summed E-state index contributed by atoms with van der Waals surface area (Å²) in [5, 5.41) is 11.9. The summed E-state index contributed by atoms with van der Waals surface area (Å²) in [7, 11) is -3.48. The summed E-state index contributed by atoms with van der Waals surface area (Å²) < 4.78 is 26.6. The first-order valence-corrected chi connectivity index (χ1v) is 8.00. The number of benzene rings is 1. The molecule has 110 valence electrons. The zero-order valence-electron chi connectivity index (χ0n) is 11.2. The lowest BCUT2D eigenvalue weighted by Crippen LogP contribution is -2.41. The van der Waals surface area contributed by atoms with E-state index < -0.39 is 22.0 Å². The SMILES string of the molecule is CCCNS(=O)(=O)c1ccc2c(c1)CN[C@H](C(=O)O)C2. The maximum absolute atomic E-state index is 12.0. The van der Waals surface area contributed by atoms with Gasteiger partial charge < -0.3 is 10.4 Å². The van der Waals surface area contributed by atoms with E-state index in [2.05, 4.69) is 10.0 Å². The molecule has 0 saturated heterocycles. The molecule has 2 rings (SSSR count). The molecule has 0 bridgehead atoms. The van der Waals surface area contributed by atoms with Crippen LogP contribution in [0.25, 0.3) is 0 Å². The lowest BCUT2D eigenvalue weighted by atomic mass is 9.96. The number of nitrogens with one attached hydrogen (secondary N) is 2. The molecule has 0 unspecified atom stereocenters. The van der Waals surface area contributed by atoms with Crippen LogP contribution in [0.15, 0.2) is 23.1 Å². The van der Waals surface area contributed by atoms with Gasteiger partial charge in [-0.3, -0.25) is 4.79 Å². The van der Waals surface area contributed by atoms with E-state index in [0.717, 1.165) is 17.5 Å². The van der Waals surface area contributed by atoms with Gasteiger partial charge in [-0.05, 0) is 36.1 Å². The number of carboxylic acids is 1. The Bertz CT molecular complexity index is 613. The summed E-state index contributed by atoms with van der Waals surface area (Å²) in [4.78, 5) is 11.2. The van der Waals surface area contributed by atoms with E-state index in [4.69, 9.17) is 5.11 Å². The van der Waals surface area contributed by atoms with Crippen molar-refractivity contribution in [3.63, 3.8) is 0 Å². The van der Waals surface area contributed by atoms with E-state index in [-0.39, 0.29) is 4.90 Å². The summed E-state index contributed by atoms with van der Waals surface area (Å²) in [5.74, 6) is -0.892. The van der Waals surface area contributed by atoms with E-state index in [0.29, 0.717) is 19.5 Å². The molecule has 7 heteroatoms. The Morgan fingerprint density at radius 3 is 2.85 bits per heavy atom. The number of carbonyl (C=O) groups is 1. The molecule has 0 aliphatic carbocycles. The van der Waals surface area contributed by atoms with Crippen LogP contribution in [0, 0.1) is 0 Å². The minimum absolute atomic E-state index is 0.222. The van der Waals surface area contributed by atoms with Crippen LogP contribution in [0.5, 0.6) is 0 Å². The van der Waals surface area contributed by atoms with Crippen LogP contribution >= 0.6 is 0 Å². The van der Waals surface area contributed by atoms with Gasteiger partial charge in [0.1, 0.15) is 6.04 Å². The Hall–Kier alpha value is -1.44. The van der Waals surface area contributed by atoms with Gasteiger partial charge in [-0.1, -0.05) is 13.0 Å². The smallest absolute Gasteiger partial charge is 0.321 e. The average Bonchev–Trinajstić information content (AvgIpc) is 2.44. The Morgan fingerprint density at radius 1 is 1.45 bits per heavy atom. The summed E-state index contributed by atoms with van der Waals surface area (Å²) in [6.45, 7) is 2.66. The van der Waals surface area contributed by atoms with Crippen molar-refractivity contribution in [3.8, 4) is 0 Å². The highest BCUT2D eigenvalue weighted by Gasteiger charge is 2.25. The van der Waals surface area contributed by atoms with Crippen LogP contribution in [-0.4, -0.2) is 32.1 Å². The van der Waals surface area contributed by atoms with Crippen LogP contribution in [-0.2, 0) is 27.8 Å². The van der Waals surface area contributed by atoms with Crippen molar-refractivity contribution in [2.75, 3.05) is 6.54 Å². The molecule has 0 fully saturated rings. The Kier molecular flexibility index (Phi) is 4.42. The van der Waals surface area contributed by atoms with E-state index in [1.165, 1.54) is 6.07 Å². The van der Waals surface area contributed by atoms with Crippen molar-refractivity contribution in [1.29, 1.82) is 0 Å². The van der Waals surface area contributed by atoms with Gasteiger partial charge in [-0.2, -0.15) is 0 Å². The lowest BCUT2D eigenvalue weighted by Gasteiger charge is -2.23. The molecule has 6 nitrogen and oxygen atoms in total. The third kappa shape index (κ3) is 3.17. The second kappa shape index (κ2) is 5.90. The Balaban J connectivity index is 2.24. The lowest BCUT2D eigenvalue weighted by molar-refractivity contribution is -0.139. The number of aliphatic carboxylic acids is 1. The van der Waals surface area contributed by atoms with Gasteiger partial charge in [0.2, 0.25) is 10.0 Å². The summed E-state index contributed by atoms with van der Waals surface area (Å²) in [5.41, 5.74) is 1.72. The summed E-state index contributed by atoms with van der Waals surface area (Å²) >= 11 is 0. The van der Waals surface area contributed by atoms with Crippen LogP contribution in [0.2, 0.25) is 0 Å². The number of hydrogen-bond acceptors (Lipinski definition) is 4. The fourth-order valence-corrected chi connectivity index (χ4v) is 3.34. The normalized spacial score (nSPS) is 18.6. The third-order valence-corrected chi connectivity index (χ3v) is 4.75. The average molecular weight is 298 g/mol. The van der Waals surface area contributed by atoms with Crippen LogP contribution < -0.4 is 10.0 Å². The Labute approximate surface area is 118 Å². The molecule has 1 aliphatic heterocycles. The molecule has 0 aromatic heterocycles. The molecule has 3 N–H and O–H groups in total. The van der Waals surface area contributed by atoms with Crippen molar-refractivity contribution < 1.29 is 18.3 Å². The quantitative estimate of drug-likeness (QED) is 0.734. The number of hydrogen-bond donors (Lipinski definition) is 3. The standard InChI is InChI=1S/C13H18N2O4S/c1-2-5-15-20(18,19)11-4-3-9-7-12(13(16)17)14-8-10(9)6-11/h3-4,6,12,14-15H,2,5,7-8H2,1H3,(H,16,17)/t12-/m0/s1. The Morgan fingerprint density at radius 2 is 2.20 bits per heavy atom. The number of carboxylic acid groups (broad SMARTS) is 1. The van der Waals surface area contributed by atoms with Crippen molar-refractivity contribution in [3.05, 3.63) is 29.3 Å². The minimum Gasteiger partial charge on any atom is -0.480 e. The number of fused-ring (bicyclic) bond motifs is 1. The highest BCUT2D eigenvalue weighted by Crippen LogP contribution is 2.21. The van der Waals surface area contributed by atoms with E-state index >= 15 is 0 Å². The molecule has 0 radical (unpaired) electrons. The predicted octanol–water partition coefficient (Wildman–Crippen LogP) is 0.474. The maximum atomic E-state index is 12.0. The topological polar surface area (TPSA) is 95.5 Å². The van der Waals surface area contributed by atoms with E-state index in [1.807, 2.05) is 6.92 Å². The zero-order valence-corrected chi connectivity index (χ0v) is 12.0. The third-order valence-electron chi connectivity index (χ3n) is 3.29. The monoisotopic (exact) mass is 298 g/mol. The first-order chi connectivity index (χ1) is 9.44. The second-order valence-corrected chi connectivity index (χ2v) is 6.57. The summed E-state index contributed by atoms with van der Waals surface area (Å²) in [6.07, 6.45) is 1.10. The fraction of sp³-hybridized carbons (Fsp3) is 0.462. The minimum atomic E-state index is -3.48. The van der Waals surface area contributed by atoms with Crippen LogP contribution in [0.1, 0.15) is 24.5 Å². The van der Waals surface area contributed by atoms with Gasteiger partial charge in [0.25, 0.3) is 0 Å².